The maximum atomic E-state index is 12.1. The molecule has 0 saturated heterocycles. The second-order valence-electron chi connectivity index (χ2n) is 5.70. The topological polar surface area (TPSA) is 44.8 Å². The first-order valence-corrected chi connectivity index (χ1v) is 8.09. The minimum atomic E-state index is -0.252. The number of benzene rings is 3. The lowest BCUT2D eigenvalue weighted by Gasteiger charge is -2.07. The van der Waals surface area contributed by atoms with Crippen molar-refractivity contribution in [2.75, 3.05) is 14.2 Å². The molecule has 0 fully saturated rings. The van der Waals surface area contributed by atoms with E-state index < -0.39 is 0 Å². The molecule has 0 aromatic heterocycles. The largest absolute Gasteiger partial charge is 0.497 e. The third-order valence-corrected chi connectivity index (χ3v) is 4.03. The second-order valence-corrected chi connectivity index (χ2v) is 5.70. The third-order valence-electron chi connectivity index (χ3n) is 4.03. The summed E-state index contributed by atoms with van der Waals surface area (Å²) in [5.74, 6) is 1.87. The standard InChI is InChI=1S/C21H20O4/c1-23-18-8-3-15(4-9-18)5-12-21(22)25-20-11-7-16-6-10-19(24-2)13-17(16)14-20/h3-4,6-11,13-14H,5,12H2,1-2H3. The fourth-order valence-electron chi connectivity index (χ4n) is 2.61. The van der Waals surface area contributed by atoms with E-state index in [4.69, 9.17) is 14.2 Å². The number of carbonyl (C=O) groups is 1. The molecule has 0 amide bonds. The van der Waals surface area contributed by atoms with Gasteiger partial charge in [0.25, 0.3) is 0 Å². The summed E-state index contributed by atoms with van der Waals surface area (Å²) < 4.78 is 15.8. The number of esters is 1. The van der Waals surface area contributed by atoms with Gasteiger partial charge in [-0.15, -0.1) is 0 Å². The molecule has 0 spiro atoms. The fraction of sp³-hybridized carbons (Fsp3) is 0.190. The number of rotatable bonds is 6. The number of hydrogen-bond acceptors (Lipinski definition) is 4. The van der Waals surface area contributed by atoms with E-state index in [1.165, 1.54) is 0 Å². The highest BCUT2D eigenvalue weighted by atomic mass is 16.5. The van der Waals surface area contributed by atoms with Gasteiger partial charge >= 0.3 is 5.97 Å². The fourth-order valence-corrected chi connectivity index (χ4v) is 2.61. The summed E-state index contributed by atoms with van der Waals surface area (Å²) in [6.45, 7) is 0. The van der Waals surface area contributed by atoms with Crippen LogP contribution in [-0.4, -0.2) is 20.2 Å². The molecule has 0 aliphatic rings. The van der Waals surface area contributed by atoms with Gasteiger partial charge in [-0.1, -0.05) is 24.3 Å². The van der Waals surface area contributed by atoms with Crippen LogP contribution in [0.1, 0.15) is 12.0 Å². The Hall–Kier alpha value is -3.01. The molecule has 0 bridgehead atoms. The number of carbonyl (C=O) groups excluding carboxylic acids is 1. The van der Waals surface area contributed by atoms with E-state index in [1.54, 1.807) is 20.3 Å². The van der Waals surface area contributed by atoms with Crippen molar-refractivity contribution >= 4 is 16.7 Å². The summed E-state index contributed by atoms with van der Waals surface area (Å²) in [5, 5.41) is 2.04. The maximum Gasteiger partial charge on any atom is 0.311 e. The zero-order chi connectivity index (χ0) is 17.6. The average molecular weight is 336 g/mol. The van der Waals surface area contributed by atoms with Gasteiger partial charge in [-0.25, -0.2) is 0 Å². The van der Waals surface area contributed by atoms with Crippen molar-refractivity contribution in [3.05, 3.63) is 66.2 Å². The predicted molar refractivity (Wildman–Crippen MR) is 97.5 cm³/mol. The molecule has 0 aliphatic heterocycles. The summed E-state index contributed by atoms with van der Waals surface area (Å²) in [6, 6.07) is 19.1. The highest BCUT2D eigenvalue weighted by Crippen LogP contribution is 2.25. The van der Waals surface area contributed by atoms with E-state index in [2.05, 4.69) is 0 Å². The molecule has 25 heavy (non-hydrogen) atoms. The number of ether oxygens (including phenoxy) is 3. The van der Waals surface area contributed by atoms with Crippen molar-refractivity contribution in [1.29, 1.82) is 0 Å². The van der Waals surface area contributed by atoms with Crippen LogP contribution in [0.25, 0.3) is 10.8 Å². The monoisotopic (exact) mass is 336 g/mol. The van der Waals surface area contributed by atoms with E-state index in [0.29, 0.717) is 18.6 Å². The second kappa shape index (κ2) is 7.71. The summed E-state index contributed by atoms with van der Waals surface area (Å²) in [4.78, 5) is 12.1. The van der Waals surface area contributed by atoms with Crippen molar-refractivity contribution in [2.24, 2.45) is 0 Å². The molecule has 3 aromatic carbocycles. The first-order chi connectivity index (χ1) is 12.2. The highest BCUT2D eigenvalue weighted by Gasteiger charge is 2.07. The van der Waals surface area contributed by atoms with Crippen LogP contribution in [0.3, 0.4) is 0 Å². The summed E-state index contributed by atoms with van der Waals surface area (Å²) in [5.41, 5.74) is 1.07. The van der Waals surface area contributed by atoms with E-state index in [1.807, 2.05) is 54.6 Å². The van der Waals surface area contributed by atoms with Crippen LogP contribution in [0.15, 0.2) is 60.7 Å². The Balaban J connectivity index is 1.62. The number of methoxy groups -OCH3 is 2. The SMILES string of the molecule is COc1ccc(CCC(=O)Oc2ccc3ccc(OC)cc3c2)cc1. The molecule has 4 heteroatoms. The lowest BCUT2D eigenvalue weighted by atomic mass is 10.1. The van der Waals surface area contributed by atoms with Crippen LogP contribution in [0, 0.1) is 0 Å². The summed E-state index contributed by atoms with van der Waals surface area (Å²) >= 11 is 0. The minimum absolute atomic E-state index is 0.252. The Bertz CT molecular complexity index is 869. The maximum absolute atomic E-state index is 12.1. The smallest absolute Gasteiger partial charge is 0.311 e. The van der Waals surface area contributed by atoms with E-state index in [-0.39, 0.29) is 5.97 Å². The Morgan fingerprint density at radius 3 is 2.04 bits per heavy atom. The average Bonchev–Trinajstić information content (AvgIpc) is 2.66. The molecule has 0 atom stereocenters. The van der Waals surface area contributed by atoms with Crippen LogP contribution in [0.5, 0.6) is 17.2 Å². The van der Waals surface area contributed by atoms with Gasteiger partial charge in [-0.3, -0.25) is 4.79 Å². The van der Waals surface area contributed by atoms with E-state index >= 15 is 0 Å². The van der Waals surface area contributed by atoms with Crippen LogP contribution < -0.4 is 14.2 Å². The lowest BCUT2D eigenvalue weighted by Crippen LogP contribution is -2.09. The van der Waals surface area contributed by atoms with Gasteiger partial charge in [0, 0.05) is 6.42 Å². The minimum Gasteiger partial charge on any atom is -0.497 e. The van der Waals surface area contributed by atoms with Gasteiger partial charge < -0.3 is 14.2 Å². The Morgan fingerprint density at radius 1 is 0.760 bits per heavy atom. The number of aryl methyl sites for hydroxylation is 1. The van der Waals surface area contributed by atoms with Crippen molar-refractivity contribution in [3.63, 3.8) is 0 Å². The molecule has 128 valence electrons. The quantitative estimate of drug-likeness (QED) is 0.494. The summed E-state index contributed by atoms with van der Waals surface area (Å²) in [7, 11) is 3.26. The van der Waals surface area contributed by atoms with Gasteiger partial charge in [-0.05, 0) is 59.2 Å². The van der Waals surface area contributed by atoms with Crippen molar-refractivity contribution in [2.45, 2.75) is 12.8 Å². The molecule has 3 aromatic rings. The molecule has 0 unspecified atom stereocenters. The predicted octanol–water partition coefficient (Wildman–Crippen LogP) is 4.40. The van der Waals surface area contributed by atoms with E-state index in [0.717, 1.165) is 27.8 Å². The lowest BCUT2D eigenvalue weighted by molar-refractivity contribution is -0.134. The molecule has 0 aliphatic carbocycles. The molecule has 3 rings (SSSR count). The Kier molecular flexibility index (Phi) is 5.19. The van der Waals surface area contributed by atoms with Gasteiger partial charge in [0.15, 0.2) is 0 Å². The molecular weight excluding hydrogens is 316 g/mol. The molecular formula is C21H20O4. The molecule has 0 N–H and O–H groups in total. The number of fused-ring (bicyclic) bond motifs is 1. The van der Waals surface area contributed by atoms with E-state index in [9.17, 15) is 4.79 Å². The summed E-state index contributed by atoms with van der Waals surface area (Å²) in [6.07, 6.45) is 0.951. The van der Waals surface area contributed by atoms with Crippen LogP contribution in [0.2, 0.25) is 0 Å². The molecule has 4 nitrogen and oxygen atoms in total. The highest BCUT2D eigenvalue weighted by molar-refractivity contribution is 5.86. The third kappa shape index (κ3) is 4.29. The first-order valence-electron chi connectivity index (χ1n) is 8.09. The molecule has 0 heterocycles. The van der Waals surface area contributed by atoms with Crippen LogP contribution in [0.4, 0.5) is 0 Å². The Labute approximate surface area is 146 Å². The normalized spacial score (nSPS) is 10.5. The van der Waals surface area contributed by atoms with Crippen molar-refractivity contribution in [3.8, 4) is 17.2 Å². The first kappa shape index (κ1) is 16.8. The van der Waals surface area contributed by atoms with Gasteiger partial charge in [0.1, 0.15) is 17.2 Å². The molecule has 0 radical (unpaired) electrons. The van der Waals surface area contributed by atoms with Crippen molar-refractivity contribution < 1.29 is 19.0 Å². The van der Waals surface area contributed by atoms with Crippen LogP contribution in [-0.2, 0) is 11.2 Å². The molecule has 0 saturated carbocycles. The van der Waals surface area contributed by atoms with Crippen LogP contribution >= 0.6 is 0 Å². The van der Waals surface area contributed by atoms with Gasteiger partial charge in [0.2, 0.25) is 0 Å². The van der Waals surface area contributed by atoms with Crippen molar-refractivity contribution in [1.82, 2.24) is 0 Å². The van der Waals surface area contributed by atoms with Gasteiger partial charge in [0.05, 0.1) is 14.2 Å². The zero-order valence-corrected chi connectivity index (χ0v) is 14.3. The zero-order valence-electron chi connectivity index (χ0n) is 14.3. The Morgan fingerprint density at radius 2 is 1.36 bits per heavy atom. The number of hydrogen-bond donors (Lipinski definition) is 0. The van der Waals surface area contributed by atoms with Gasteiger partial charge in [-0.2, -0.15) is 0 Å².